The summed E-state index contributed by atoms with van der Waals surface area (Å²) in [5.41, 5.74) is -1.88. The molecule has 0 saturated heterocycles. The van der Waals surface area contributed by atoms with Gasteiger partial charge in [0, 0.05) is 5.39 Å². The van der Waals surface area contributed by atoms with Crippen LogP contribution in [-0.2, 0) is 0 Å². The van der Waals surface area contributed by atoms with Crippen LogP contribution in [0.2, 0.25) is 0 Å². The second kappa shape index (κ2) is 4.26. The Labute approximate surface area is 136 Å². The summed E-state index contributed by atoms with van der Waals surface area (Å²) >= 11 is 0. The number of benzene rings is 2. The zero-order valence-electron chi connectivity index (χ0n) is 12.5. The van der Waals surface area contributed by atoms with Crippen LogP contribution in [-0.4, -0.2) is 24.1 Å². The normalized spacial score (nSPS) is 13.3. The highest BCUT2D eigenvalue weighted by Gasteiger charge is 2.31. The molecule has 2 aromatic carbocycles. The molecule has 0 radical (unpaired) electrons. The third-order valence-corrected chi connectivity index (χ3v) is 4.25. The summed E-state index contributed by atoms with van der Waals surface area (Å²) in [6.07, 6.45) is 0. The van der Waals surface area contributed by atoms with Crippen molar-refractivity contribution in [2.24, 2.45) is 0 Å². The van der Waals surface area contributed by atoms with Crippen LogP contribution in [0.4, 0.5) is 0 Å². The molecule has 0 bridgehead atoms. The van der Waals surface area contributed by atoms with Gasteiger partial charge >= 0.3 is 11.3 Å². The van der Waals surface area contributed by atoms with Crippen molar-refractivity contribution in [3.8, 4) is 28.7 Å². The summed E-state index contributed by atoms with van der Waals surface area (Å²) in [5.74, 6) is -1.32. The van der Waals surface area contributed by atoms with Crippen molar-refractivity contribution in [1.29, 1.82) is 0 Å². The van der Waals surface area contributed by atoms with E-state index < -0.39 is 22.8 Å². The molecule has 1 aliphatic heterocycles. The molecule has 9 nitrogen and oxygen atoms in total. The lowest BCUT2D eigenvalue weighted by molar-refractivity contribution is 0.174. The molecule has 0 atom stereocenters. The fourth-order valence-electron chi connectivity index (χ4n) is 3.21. The van der Waals surface area contributed by atoms with Gasteiger partial charge in [-0.05, 0) is 6.07 Å². The number of phenolic OH excluding ortho intramolecular Hbond substituents is 2. The first-order valence-electron chi connectivity index (χ1n) is 7.10. The maximum Gasteiger partial charge on any atom is 0.348 e. The summed E-state index contributed by atoms with van der Waals surface area (Å²) in [6.45, 7) is -0.0955. The SMILES string of the molecule is COc1c(O)c(O)c2c(=O)oc3c4c(cc5c(=O)oc1c2c35)OCO4. The third-order valence-electron chi connectivity index (χ3n) is 4.25. The van der Waals surface area contributed by atoms with Gasteiger partial charge in [0.05, 0.1) is 17.9 Å². The van der Waals surface area contributed by atoms with E-state index in [2.05, 4.69) is 0 Å². The molecule has 0 unspecified atom stereocenters. The van der Waals surface area contributed by atoms with E-state index in [1.165, 1.54) is 13.2 Å². The summed E-state index contributed by atoms with van der Waals surface area (Å²) in [4.78, 5) is 24.8. The van der Waals surface area contributed by atoms with Crippen molar-refractivity contribution in [3.05, 3.63) is 26.9 Å². The van der Waals surface area contributed by atoms with Crippen LogP contribution in [0.1, 0.15) is 0 Å². The molecule has 2 aromatic heterocycles. The first kappa shape index (κ1) is 13.8. The van der Waals surface area contributed by atoms with Crippen LogP contribution < -0.4 is 25.5 Å². The van der Waals surface area contributed by atoms with Crippen molar-refractivity contribution < 1.29 is 33.3 Å². The summed E-state index contributed by atoms with van der Waals surface area (Å²) < 4.78 is 26.1. The second-order valence-corrected chi connectivity index (χ2v) is 5.45. The second-order valence-electron chi connectivity index (χ2n) is 5.45. The smallest absolute Gasteiger partial charge is 0.348 e. The van der Waals surface area contributed by atoms with Crippen molar-refractivity contribution in [3.63, 3.8) is 0 Å². The highest BCUT2D eigenvalue weighted by atomic mass is 16.7. The monoisotopic (exact) mass is 344 g/mol. The molecule has 0 amide bonds. The molecule has 9 heteroatoms. The predicted molar refractivity (Wildman–Crippen MR) is 83.2 cm³/mol. The van der Waals surface area contributed by atoms with Crippen molar-refractivity contribution in [2.45, 2.75) is 0 Å². The zero-order chi connectivity index (χ0) is 17.5. The molecular weight excluding hydrogens is 336 g/mol. The molecule has 126 valence electrons. The first-order chi connectivity index (χ1) is 12.0. The molecule has 0 spiro atoms. The van der Waals surface area contributed by atoms with E-state index in [0.717, 1.165) is 0 Å². The van der Waals surface area contributed by atoms with Gasteiger partial charge in [-0.2, -0.15) is 0 Å². The Morgan fingerprint density at radius 2 is 1.72 bits per heavy atom. The van der Waals surface area contributed by atoms with Crippen LogP contribution in [0.25, 0.3) is 32.7 Å². The van der Waals surface area contributed by atoms with Gasteiger partial charge in [0.2, 0.25) is 24.0 Å². The van der Waals surface area contributed by atoms with E-state index in [-0.39, 0.29) is 56.8 Å². The fourth-order valence-corrected chi connectivity index (χ4v) is 3.21. The largest absolute Gasteiger partial charge is 0.504 e. The Morgan fingerprint density at radius 1 is 0.960 bits per heavy atom. The summed E-state index contributed by atoms with van der Waals surface area (Å²) in [5, 5.41) is 20.3. The Hall–Kier alpha value is -3.62. The molecule has 4 aromatic rings. The van der Waals surface area contributed by atoms with Crippen LogP contribution in [0.15, 0.2) is 24.5 Å². The molecule has 1 aliphatic rings. The lowest BCUT2D eigenvalue weighted by Gasteiger charge is -2.13. The number of rotatable bonds is 1. The van der Waals surface area contributed by atoms with E-state index in [0.29, 0.717) is 0 Å². The maximum atomic E-state index is 12.4. The Kier molecular flexibility index (Phi) is 2.35. The Balaban J connectivity index is 2.23. The van der Waals surface area contributed by atoms with E-state index in [4.69, 9.17) is 23.0 Å². The predicted octanol–water partition coefficient (Wildman–Crippen LogP) is 1.64. The van der Waals surface area contributed by atoms with Gasteiger partial charge in [-0.15, -0.1) is 0 Å². The zero-order valence-corrected chi connectivity index (χ0v) is 12.5. The highest BCUT2D eigenvalue weighted by molar-refractivity contribution is 6.23. The minimum atomic E-state index is -0.938. The molecule has 5 rings (SSSR count). The minimum absolute atomic E-state index is 0.00690. The first-order valence-corrected chi connectivity index (χ1v) is 7.10. The average Bonchev–Trinajstić information content (AvgIpc) is 3.06. The van der Waals surface area contributed by atoms with Gasteiger partial charge in [0.25, 0.3) is 0 Å². The molecule has 3 heterocycles. The van der Waals surface area contributed by atoms with E-state index >= 15 is 0 Å². The lowest BCUT2D eigenvalue weighted by Crippen LogP contribution is -2.08. The van der Waals surface area contributed by atoms with Gasteiger partial charge in [-0.1, -0.05) is 0 Å². The van der Waals surface area contributed by atoms with Gasteiger partial charge in [0.15, 0.2) is 22.7 Å². The van der Waals surface area contributed by atoms with Crippen LogP contribution >= 0.6 is 0 Å². The number of hydrogen-bond donors (Lipinski definition) is 2. The molecule has 0 saturated carbocycles. The van der Waals surface area contributed by atoms with Crippen LogP contribution in [0.3, 0.4) is 0 Å². The molecule has 2 N–H and O–H groups in total. The number of aromatic hydroxyl groups is 2. The van der Waals surface area contributed by atoms with Gasteiger partial charge < -0.3 is 33.3 Å². The maximum absolute atomic E-state index is 12.4. The van der Waals surface area contributed by atoms with Crippen LogP contribution in [0.5, 0.6) is 28.7 Å². The van der Waals surface area contributed by atoms with Crippen molar-refractivity contribution in [2.75, 3.05) is 13.9 Å². The third kappa shape index (κ3) is 1.47. The molecule has 0 fully saturated rings. The van der Waals surface area contributed by atoms with Gasteiger partial charge in [-0.25, -0.2) is 9.59 Å². The Morgan fingerprint density at radius 3 is 2.48 bits per heavy atom. The average molecular weight is 344 g/mol. The quantitative estimate of drug-likeness (QED) is 0.301. The molecule has 0 aliphatic carbocycles. The summed E-state index contributed by atoms with van der Waals surface area (Å²) in [7, 11) is 1.22. The standard InChI is InChI=1S/C16H8O9/c1-21-14-10(18)9(17)8-7-6-4(15(19)24-13(7)14)2-5-11(23-3-22-5)12(6)25-16(8)20/h2,17-18H,3H2,1H3. The van der Waals surface area contributed by atoms with Crippen molar-refractivity contribution >= 4 is 32.7 Å². The van der Waals surface area contributed by atoms with Crippen LogP contribution in [0, 0.1) is 0 Å². The van der Waals surface area contributed by atoms with E-state index in [1.54, 1.807) is 0 Å². The van der Waals surface area contributed by atoms with Gasteiger partial charge in [-0.3, -0.25) is 0 Å². The van der Waals surface area contributed by atoms with Crippen molar-refractivity contribution in [1.82, 2.24) is 0 Å². The minimum Gasteiger partial charge on any atom is -0.504 e. The number of ether oxygens (including phenoxy) is 3. The molecule has 25 heavy (non-hydrogen) atoms. The number of methoxy groups -OCH3 is 1. The summed E-state index contributed by atoms with van der Waals surface area (Å²) in [6, 6.07) is 1.41. The van der Waals surface area contributed by atoms with E-state index in [9.17, 15) is 19.8 Å². The number of fused-ring (bicyclic) bond motifs is 2. The molecular formula is C16H8O9. The Bertz CT molecular complexity index is 1310. The topological polar surface area (TPSA) is 129 Å². The van der Waals surface area contributed by atoms with E-state index in [1.807, 2.05) is 0 Å². The lowest BCUT2D eigenvalue weighted by atomic mass is 10.0. The highest BCUT2D eigenvalue weighted by Crippen LogP contribution is 2.50. The van der Waals surface area contributed by atoms with Gasteiger partial charge in [0.1, 0.15) is 5.39 Å². The fraction of sp³-hybridized carbons (Fsp3) is 0.125. The number of hydrogen-bond acceptors (Lipinski definition) is 9. The number of phenols is 2.